The van der Waals surface area contributed by atoms with Crippen molar-refractivity contribution in [1.82, 2.24) is 0 Å². The van der Waals surface area contributed by atoms with Gasteiger partial charge in [0, 0.05) is 0 Å². The maximum atomic E-state index is 13.3. The molecule has 1 nitrogen and oxygen atoms in total. The molecule has 1 aromatic rings. The highest BCUT2D eigenvalue weighted by Crippen LogP contribution is 2.28. The molecule has 0 radical (unpaired) electrons. The lowest BCUT2D eigenvalue weighted by Crippen LogP contribution is -2.04. The van der Waals surface area contributed by atoms with Crippen molar-refractivity contribution in [2.24, 2.45) is 5.92 Å². The molecule has 0 bridgehead atoms. The molecular formula is C14H19FO. The van der Waals surface area contributed by atoms with Gasteiger partial charge >= 0.3 is 0 Å². The summed E-state index contributed by atoms with van der Waals surface area (Å²) >= 11 is 0. The molecule has 1 aromatic carbocycles. The van der Waals surface area contributed by atoms with Crippen LogP contribution >= 0.6 is 0 Å². The monoisotopic (exact) mass is 222 g/mol. The van der Waals surface area contributed by atoms with E-state index in [9.17, 15) is 4.39 Å². The van der Waals surface area contributed by atoms with E-state index < -0.39 is 0 Å². The summed E-state index contributed by atoms with van der Waals surface area (Å²) in [5.74, 6) is 0.947. The Morgan fingerprint density at radius 1 is 1.31 bits per heavy atom. The van der Waals surface area contributed by atoms with Crippen molar-refractivity contribution in [2.45, 2.75) is 39.0 Å². The molecule has 0 aromatic heterocycles. The van der Waals surface area contributed by atoms with E-state index in [0.717, 1.165) is 17.9 Å². The molecule has 16 heavy (non-hydrogen) atoms. The zero-order chi connectivity index (χ0) is 11.4. The van der Waals surface area contributed by atoms with Gasteiger partial charge in [-0.1, -0.05) is 31.7 Å². The van der Waals surface area contributed by atoms with Gasteiger partial charge in [-0.25, -0.2) is 4.39 Å². The van der Waals surface area contributed by atoms with Crippen molar-refractivity contribution < 1.29 is 9.13 Å². The van der Waals surface area contributed by atoms with Gasteiger partial charge in [0.1, 0.15) is 0 Å². The molecule has 0 amide bonds. The van der Waals surface area contributed by atoms with Gasteiger partial charge in [-0.2, -0.15) is 0 Å². The maximum absolute atomic E-state index is 13.3. The van der Waals surface area contributed by atoms with Gasteiger partial charge in [0.05, 0.1) is 6.61 Å². The number of ether oxygens (including phenoxy) is 1. The van der Waals surface area contributed by atoms with Crippen molar-refractivity contribution in [3.05, 3.63) is 29.6 Å². The summed E-state index contributed by atoms with van der Waals surface area (Å²) < 4.78 is 18.8. The van der Waals surface area contributed by atoms with Gasteiger partial charge in [-0.15, -0.1) is 0 Å². The van der Waals surface area contributed by atoms with Crippen molar-refractivity contribution in [3.63, 3.8) is 0 Å². The second-order valence-electron chi connectivity index (χ2n) is 4.72. The minimum Gasteiger partial charge on any atom is -0.490 e. The third-order valence-corrected chi connectivity index (χ3v) is 3.35. The first-order chi connectivity index (χ1) is 7.75. The Morgan fingerprint density at radius 2 is 2.06 bits per heavy atom. The van der Waals surface area contributed by atoms with E-state index in [2.05, 4.69) is 0 Å². The number of rotatable bonds is 4. The van der Waals surface area contributed by atoms with E-state index in [1.807, 2.05) is 6.92 Å². The Labute approximate surface area is 96.6 Å². The van der Waals surface area contributed by atoms with Crippen LogP contribution in [0.15, 0.2) is 18.2 Å². The van der Waals surface area contributed by atoms with E-state index in [0.29, 0.717) is 12.4 Å². The number of hydrogen-bond acceptors (Lipinski definition) is 1. The molecule has 0 aliphatic heterocycles. The fourth-order valence-electron chi connectivity index (χ4n) is 2.36. The minimum absolute atomic E-state index is 0.253. The molecule has 1 saturated carbocycles. The molecule has 1 aliphatic rings. The lowest BCUT2D eigenvalue weighted by Gasteiger charge is -2.11. The zero-order valence-electron chi connectivity index (χ0n) is 9.84. The van der Waals surface area contributed by atoms with Crippen LogP contribution in [-0.2, 0) is 0 Å². The first-order valence-electron chi connectivity index (χ1n) is 6.14. The number of benzene rings is 1. The second-order valence-corrected chi connectivity index (χ2v) is 4.72. The molecular weight excluding hydrogens is 203 g/mol. The molecule has 2 rings (SSSR count). The largest absolute Gasteiger partial charge is 0.490 e. The molecule has 1 fully saturated rings. The van der Waals surface area contributed by atoms with Gasteiger partial charge in [-0.05, 0) is 37.0 Å². The highest BCUT2D eigenvalue weighted by molar-refractivity contribution is 5.29. The highest BCUT2D eigenvalue weighted by atomic mass is 19.1. The van der Waals surface area contributed by atoms with E-state index in [1.165, 1.54) is 31.7 Å². The van der Waals surface area contributed by atoms with Crippen LogP contribution < -0.4 is 4.74 Å². The van der Waals surface area contributed by atoms with Crippen LogP contribution in [0.25, 0.3) is 0 Å². The van der Waals surface area contributed by atoms with Crippen molar-refractivity contribution >= 4 is 0 Å². The van der Waals surface area contributed by atoms with Crippen molar-refractivity contribution in [3.8, 4) is 5.75 Å². The number of halogens is 1. The van der Waals surface area contributed by atoms with Crippen molar-refractivity contribution in [2.75, 3.05) is 6.61 Å². The lowest BCUT2D eigenvalue weighted by atomic mass is 10.1. The number of aryl methyl sites for hydroxylation is 1. The van der Waals surface area contributed by atoms with E-state index in [4.69, 9.17) is 4.74 Å². The lowest BCUT2D eigenvalue weighted by molar-refractivity contribution is 0.267. The maximum Gasteiger partial charge on any atom is 0.165 e. The molecule has 2 heteroatoms. The summed E-state index contributed by atoms with van der Waals surface area (Å²) in [5.41, 5.74) is 1.04. The van der Waals surface area contributed by atoms with Crippen LogP contribution in [0.1, 0.15) is 37.7 Å². The molecule has 0 atom stereocenters. The van der Waals surface area contributed by atoms with Gasteiger partial charge in [0.15, 0.2) is 11.6 Å². The normalized spacial score (nSPS) is 16.6. The minimum atomic E-state index is -0.253. The van der Waals surface area contributed by atoms with Gasteiger partial charge < -0.3 is 4.74 Å². The summed E-state index contributed by atoms with van der Waals surface area (Å²) in [6, 6.07) is 5.00. The predicted octanol–water partition coefficient (Wildman–Crippen LogP) is 4.09. The first-order valence-corrected chi connectivity index (χ1v) is 6.14. The van der Waals surface area contributed by atoms with Gasteiger partial charge in [0.25, 0.3) is 0 Å². The molecule has 0 heterocycles. The zero-order valence-corrected chi connectivity index (χ0v) is 9.84. The molecule has 0 N–H and O–H groups in total. The summed E-state index contributed by atoms with van der Waals surface area (Å²) in [5, 5.41) is 0. The SMILES string of the molecule is Cc1ccc(F)c(OCCC2CCCC2)c1. The van der Waals surface area contributed by atoms with Crippen LogP contribution in [0.2, 0.25) is 0 Å². The molecule has 88 valence electrons. The molecule has 0 spiro atoms. The fraction of sp³-hybridized carbons (Fsp3) is 0.571. The fourth-order valence-corrected chi connectivity index (χ4v) is 2.36. The quantitative estimate of drug-likeness (QED) is 0.745. The van der Waals surface area contributed by atoms with Crippen LogP contribution in [-0.4, -0.2) is 6.61 Å². The van der Waals surface area contributed by atoms with Crippen LogP contribution in [0.4, 0.5) is 4.39 Å². The van der Waals surface area contributed by atoms with E-state index >= 15 is 0 Å². The standard InChI is InChI=1S/C14H19FO/c1-11-6-7-13(15)14(10-11)16-9-8-12-4-2-3-5-12/h6-7,10,12H,2-5,8-9H2,1H3. The van der Waals surface area contributed by atoms with Crippen LogP contribution in [0.3, 0.4) is 0 Å². The Hall–Kier alpha value is -1.05. The summed E-state index contributed by atoms with van der Waals surface area (Å²) in [6.45, 7) is 2.59. The predicted molar refractivity (Wildman–Crippen MR) is 63.2 cm³/mol. The average molecular weight is 222 g/mol. The Kier molecular flexibility index (Phi) is 3.81. The van der Waals surface area contributed by atoms with Gasteiger partial charge in [-0.3, -0.25) is 0 Å². The average Bonchev–Trinajstić information content (AvgIpc) is 2.76. The topological polar surface area (TPSA) is 9.23 Å². The van der Waals surface area contributed by atoms with Gasteiger partial charge in [0.2, 0.25) is 0 Å². The van der Waals surface area contributed by atoms with E-state index in [1.54, 1.807) is 12.1 Å². The summed E-state index contributed by atoms with van der Waals surface area (Å²) in [4.78, 5) is 0. The first kappa shape index (κ1) is 11.4. The van der Waals surface area contributed by atoms with Crippen LogP contribution in [0.5, 0.6) is 5.75 Å². The van der Waals surface area contributed by atoms with Crippen molar-refractivity contribution in [1.29, 1.82) is 0 Å². The van der Waals surface area contributed by atoms with E-state index in [-0.39, 0.29) is 5.82 Å². The number of hydrogen-bond donors (Lipinski definition) is 0. The Bertz CT molecular complexity index is 343. The summed E-state index contributed by atoms with van der Waals surface area (Å²) in [7, 11) is 0. The smallest absolute Gasteiger partial charge is 0.165 e. The third kappa shape index (κ3) is 2.97. The third-order valence-electron chi connectivity index (χ3n) is 3.35. The Balaban J connectivity index is 1.82. The Morgan fingerprint density at radius 3 is 2.81 bits per heavy atom. The second kappa shape index (κ2) is 5.33. The summed E-state index contributed by atoms with van der Waals surface area (Å²) in [6.07, 6.45) is 6.40. The molecule has 0 unspecified atom stereocenters. The molecule has 1 aliphatic carbocycles. The molecule has 0 saturated heterocycles. The highest BCUT2D eigenvalue weighted by Gasteiger charge is 2.14. The van der Waals surface area contributed by atoms with Crippen LogP contribution in [0, 0.1) is 18.7 Å².